The smallest absolute Gasteiger partial charge is 0.137 e. The molecule has 44 heavy (non-hydrogen) atoms. The molecule has 0 fully saturated rings. The van der Waals surface area contributed by atoms with Crippen LogP contribution in [0.1, 0.15) is 35.1 Å². The van der Waals surface area contributed by atoms with Gasteiger partial charge in [0.1, 0.15) is 11.3 Å². The van der Waals surface area contributed by atoms with Crippen LogP contribution in [-0.2, 0) is 25.9 Å². The fourth-order valence-electron chi connectivity index (χ4n) is 4.66. The van der Waals surface area contributed by atoms with Gasteiger partial charge in [-0.15, -0.1) is 0 Å². The van der Waals surface area contributed by atoms with Crippen LogP contribution >= 0.6 is 24.4 Å². The van der Waals surface area contributed by atoms with Crippen molar-refractivity contribution in [1.82, 2.24) is 19.9 Å². The number of rotatable bonds is 9. The molecule has 224 valence electrons. The number of hydrogen-bond donors (Lipinski definition) is 5. The minimum absolute atomic E-state index is 0.561. The van der Waals surface area contributed by atoms with Crippen LogP contribution in [0.2, 0.25) is 0 Å². The summed E-state index contributed by atoms with van der Waals surface area (Å²) in [5, 5.41) is 4.64. The van der Waals surface area contributed by atoms with E-state index in [1.165, 1.54) is 16.5 Å². The summed E-state index contributed by atoms with van der Waals surface area (Å²) in [6.45, 7) is 1.13. The number of aryl methyl sites for hydroxylation is 2. The van der Waals surface area contributed by atoms with Gasteiger partial charge in [0, 0.05) is 53.5 Å². The van der Waals surface area contributed by atoms with Crippen molar-refractivity contribution in [3.05, 3.63) is 120 Å². The standard InChI is InChI=1S/C18H19N3S.C9H7N3S.C7H10N2/c19-15-3-1-2-13(12-15)4-6-16(22)7-5-14-8-10-20-18-17(14)9-11-21-18;13-6-10-5-7-1-3-11-9-8(7)2-4-12-9;8-5-6-2-1-3-7(9)4-6/h1-3,8-12H,4-7,19H2,(H,20,21);1-4H,5H2,(H,11,12);1-4H,5,8-9H2. The van der Waals surface area contributed by atoms with E-state index in [9.17, 15) is 0 Å². The number of hydrogen-bond acceptors (Lipinski definition) is 8. The minimum atomic E-state index is 0.561. The summed E-state index contributed by atoms with van der Waals surface area (Å²) in [6, 6.07) is 23.7. The lowest BCUT2D eigenvalue weighted by atomic mass is 10.0. The summed E-state index contributed by atoms with van der Waals surface area (Å²) in [4.78, 5) is 19.7. The maximum absolute atomic E-state index is 5.80. The van der Waals surface area contributed by atoms with Gasteiger partial charge in [0.05, 0.1) is 11.7 Å². The highest BCUT2D eigenvalue weighted by Gasteiger charge is 2.05. The summed E-state index contributed by atoms with van der Waals surface area (Å²) in [5.41, 5.74) is 24.8. The van der Waals surface area contributed by atoms with E-state index in [2.05, 4.69) is 60.5 Å². The Labute approximate surface area is 267 Å². The number of aromatic amines is 2. The summed E-state index contributed by atoms with van der Waals surface area (Å²) < 4.78 is 0. The molecule has 0 aliphatic heterocycles. The molecule has 0 unspecified atom stereocenters. The van der Waals surface area contributed by atoms with E-state index in [1.807, 2.05) is 73.2 Å². The van der Waals surface area contributed by atoms with Gasteiger partial charge in [-0.25, -0.2) is 15.0 Å². The number of isothiocyanates is 1. The molecule has 0 amide bonds. The lowest BCUT2D eigenvalue weighted by molar-refractivity contribution is 0.980. The van der Waals surface area contributed by atoms with E-state index in [0.29, 0.717) is 13.1 Å². The number of fused-ring (bicyclic) bond motifs is 2. The van der Waals surface area contributed by atoms with Gasteiger partial charge in [0.15, 0.2) is 0 Å². The number of thiocarbonyl (C=S) groups is 2. The molecule has 8 nitrogen and oxygen atoms in total. The van der Waals surface area contributed by atoms with Gasteiger partial charge in [0.25, 0.3) is 0 Å². The SMILES string of the molecule is NCc1cccc(N)c1.Nc1cccc(CCC(=S)CCc2ccnc3[nH]ccc23)c1.S=C=NCc1ccnc2[nH]ccc12. The number of aliphatic imine (C=N–C) groups is 1. The maximum Gasteiger partial charge on any atom is 0.137 e. The first-order chi connectivity index (χ1) is 21.5. The third-order valence-electron chi connectivity index (χ3n) is 6.92. The number of nitrogens with zero attached hydrogens (tertiary/aromatic N) is 3. The van der Waals surface area contributed by atoms with Crippen molar-refractivity contribution in [2.45, 2.75) is 38.8 Å². The predicted octanol–water partition coefficient (Wildman–Crippen LogP) is 6.97. The van der Waals surface area contributed by atoms with Gasteiger partial charge in [-0.3, -0.25) is 0 Å². The monoisotopic (exact) mass is 620 g/mol. The van der Waals surface area contributed by atoms with E-state index in [-0.39, 0.29) is 0 Å². The fraction of sp³-hybridized carbons (Fsp3) is 0.176. The topological polar surface area (TPSA) is 148 Å². The lowest BCUT2D eigenvalue weighted by Crippen LogP contribution is -2.01. The number of benzene rings is 2. The first-order valence-electron chi connectivity index (χ1n) is 14.2. The molecule has 0 radical (unpaired) electrons. The van der Waals surface area contributed by atoms with Crippen LogP contribution < -0.4 is 17.2 Å². The average Bonchev–Trinajstić information content (AvgIpc) is 3.73. The molecule has 6 aromatic rings. The molecule has 6 rings (SSSR count). The number of pyridine rings is 2. The quantitative estimate of drug-likeness (QED) is 0.0666. The molecule has 0 aliphatic carbocycles. The van der Waals surface area contributed by atoms with E-state index >= 15 is 0 Å². The fourth-order valence-corrected chi connectivity index (χ4v) is 4.93. The maximum atomic E-state index is 5.80. The van der Waals surface area contributed by atoms with Crippen molar-refractivity contribution in [1.29, 1.82) is 0 Å². The second-order valence-corrected chi connectivity index (χ2v) is 10.8. The molecule has 8 N–H and O–H groups in total. The molecule has 0 spiro atoms. The summed E-state index contributed by atoms with van der Waals surface area (Å²) in [6.07, 6.45) is 11.2. The van der Waals surface area contributed by atoms with Crippen LogP contribution in [0.4, 0.5) is 11.4 Å². The van der Waals surface area contributed by atoms with Crippen molar-refractivity contribution in [3.63, 3.8) is 0 Å². The number of aromatic nitrogens is 4. The predicted molar refractivity (Wildman–Crippen MR) is 190 cm³/mol. The number of nitrogens with two attached hydrogens (primary N) is 3. The Morgan fingerprint density at radius 3 is 1.91 bits per heavy atom. The molecular weight excluding hydrogens is 585 g/mol. The number of H-pyrrole nitrogens is 2. The third kappa shape index (κ3) is 9.65. The van der Waals surface area contributed by atoms with Gasteiger partial charge in [-0.1, -0.05) is 36.5 Å². The molecule has 0 atom stereocenters. The average molecular weight is 621 g/mol. The van der Waals surface area contributed by atoms with E-state index in [1.54, 1.807) is 6.20 Å². The number of nitrogens with one attached hydrogen (secondary N) is 2. The van der Waals surface area contributed by atoms with Crippen LogP contribution in [0.5, 0.6) is 0 Å². The number of nitrogen functional groups attached to an aromatic ring is 2. The second-order valence-electron chi connectivity index (χ2n) is 10.1. The molecule has 10 heteroatoms. The first-order valence-corrected chi connectivity index (χ1v) is 15.0. The first kappa shape index (κ1) is 32.2. The van der Waals surface area contributed by atoms with Crippen LogP contribution in [0, 0.1) is 0 Å². The molecule has 0 saturated carbocycles. The van der Waals surface area contributed by atoms with Gasteiger partial charge >= 0.3 is 0 Å². The van der Waals surface area contributed by atoms with Crippen molar-refractivity contribution in [2.75, 3.05) is 11.5 Å². The van der Waals surface area contributed by atoms with Crippen molar-refractivity contribution >= 4 is 67.9 Å². The summed E-state index contributed by atoms with van der Waals surface area (Å²) in [5.74, 6) is 0. The Kier molecular flexibility index (Phi) is 12.3. The van der Waals surface area contributed by atoms with Gasteiger partial charge in [-0.2, -0.15) is 0 Å². The van der Waals surface area contributed by atoms with Gasteiger partial charge in [0.2, 0.25) is 0 Å². The van der Waals surface area contributed by atoms with E-state index < -0.39 is 0 Å². The largest absolute Gasteiger partial charge is 0.399 e. The normalized spacial score (nSPS) is 10.3. The summed E-state index contributed by atoms with van der Waals surface area (Å²) >= 11 is 10.0. The van der Waals surface area contributed by atoms with Crippen molar-refractivity contribution in [2.24, 2.45) is 10.7 Å². The number of anilines is 2. The zero-order chi connectivity index (χ0) is 31.1. The molecule has 0 aliphatic rings. The Balaban J connectivity index is 0.000000169. The van der Waals surface area contributed by atoms with Crippen molar-refractivity contribution < 1.29 is 0 Å². The molecule has 4 aromatic heterocycles. The van der Waals surface area contributed by atoms with Gasteiger partial charge in [-0.05, 0) is 114 Å². The zero-order valence-corrected chi connectivity index (χ0v) is 26.0. The Morgan fingerprint density at radius 1 is 0.750 bits per heavy atom. The highest BCUT2D eigenvalue weighted by molar-refractivity contribution is 7.80. The molecule has 2 aromatic carbocycles. The Morgan fingerprint density at radius 2 is 1.32 bits per heavy atom. The second kappa shape index (κ2) is 16.8. The highest BCUT2D eigenvalue weighted by atomic mass is 32.1. The molecule has 0 bridgehead atoms. The lowest BCUT2D eigenvalue weighted by Gasteiger charge is -2.06. The van der Waals surface area contributed by atoms with E-state index in [0.717, 1.165) is 69.7 Å². The highest BCUT2D eigenvalue weighted by Crippen LogP contribution is 2.18. The Hall–Kier alpha value is -4.73. The molecule has 4 heterocycles. The summed E-state index contributed by atoms with van der Waals surface area (Å²) in [7, 11) is 0. The molecular formula is C34H36N8S2. The van der Waals surface area contributed by atoms with Crippen LogP contribution in [0.15, 0.2) is 103 Å². The van der Waals surface area contributed by atoms with Crippen LogP contribution in [0.3, 0.4) is 0 Å². The molecule has 0 saturated heterocycles. The minimum Gasteiger partial charge on any atom is -0.399 e. The van der Waals surface area contributed by atoms with Crippen molar-refractivity contribution in [3.8, 4) is 0 Å². The Bertz CT molecular complexity index is 1850. The third-order valence-corrected chi connectivity index (χ3v) is 7.46. The van der Waals surface area contributed by atoms with Gasteiger partial charge < -0.3 is 27.2 Å². The van der Waals surface area contributed by atoms with Crippen LogP contribution in [0.25, 0.3) is 22.1 Å². The van der Waals surface area contributed by atoms with E-state index in [4.69, 9.17) is 29.4 Å². The van der Waals surface area contributed by atoms with Crippen LogP contribution in [-0.4, -0.2) is 30.0 Å². The zero-order valence-electron chi connectivity index (χ0n) is 24.4.